The minimum Gasteiger partial charge on any atom is -0.478 e. The molecule has 1 N–H and O–H groups in total. The van der Waals surface area contributed by atoms with Crippen molar-refractivity contribution in [2.75, 3.05) is 0 Å². The van der Waals surface area contributed by atoms with E-state index in [9.17, 15) is 13.4 Å². The molecular weight excluding hydrogens is 255 g/mol. The Bertz CT molecular complexity index is 481. The Kier molecular flexibility index (Phi) is 4.11. The van der Waals surface area contributed by atoms with Crippen LogP contribution >= 0.6 is 0 Å². The first-order valence-electron chi connectivity index (χ1n) is 5.97. The molecule has 0 heterocycles. The maximum Gasteiger partial charge on any atom is 0.335 e. The highest BCUT2D eigenvalue weighted by molar-refractivity contribution is 7.84. The van der Waals surface area contributed by atoms with Gasteiger partial charge in [0.1, 0.15) is 5.82 Å². The van der Waals surface area contributed by atoms with Crippen molar-refractivity contribution in [2.24, 2.45) is 0 Å². The van der Waals surface area contributed by atoms with Crippen molar-refractivity contribution in [1.29, 1.82) is 0 Å². The number of carboxylic acids is 1. The number of aromatic carboxylic acids is 1. The van der Waals surface area contributed by atoms with Gasteiger partial charge in [0, 0.05) is 21.6 Å². The third-order valence-electron chi connectivity index (χ3n) is 3.26. The fourth-order valence-electron chi connectivity index (χ4n) is 2.24. The van der Waals surface area contributed by atoms with Crippen LogP contribution in [0.25, 0.3) is 0 Å². The predicted molar refractivity (Wildman–Crippen MR) is 67.5 cm³/mol. The molecule has 2 rings (SSSR count). The predicted octanol–water partition coefficient (Wildman–Crippen LogP) is 2.72. The van der Waals surface area contributed by atoms with Gasteiger partial charge in [0.05, 0.1) is 11.3 Å². The Morgan fingerprint density at radius 2 is 2.06 bits per heavy atom. The summed E-state index contributed by atoms with van der Waals surface area (Å²) in [5.74, 6) is -1.47. The highest BCUT2D eigenvalue weighted by Gasteiger charge is 2.22. The molecule has 0 aromatic heterocycles. The molecule has 0 radical (unpaired) electrons. The molecule has 5 heteroatoms. The van der Waals surface area contributed by atoms with Crippen molar-refractivity contribution in [3.05, 3.63) is 35.1 Å². The van der Waals surface area contributed by atoms with E-state index in [1.54, 1.807) is 0 Å². The molecule has 1 fully saturated rings. The molecule has 18 heavy (non-hydrogen) atoms. The Morgan fingerprint density at radius 1 is 1.39 bits per heavy atom. The fourth-order valence-corrected chi connectivity index (χ4v) is 3.86. The second kappa shape index (κ2) is 5.61. The second-order valence-electron chi connectivity index (χ2n) is 4.54. The van der Waals surface area contributed by atoms with Crippen molar-refractivity contribution in [3.8, 4) is 0 Å². The lowest BCUT2D eigenvalue weighted by Crippen LogP contribution is -2.13. The first-order valence-corrected chi connectivity index (χ1v) is 7.35. The van der Waals surface area contributed by atoms with Gasteiger partial charge >= 0.3 is 5.97 Å². The van der Waals surface area contributed by atoms with Gasteiger partial charge in [0.25, 0.3) is 0 Å². The Morgan fingerprint density at radius 3 is 2.67 bits per heavy atom. The van der Waals surface area contributed by atoms with Crippen LogP contribution in [0.2, 0.25) is 0 Å². The number of rotatable bonds is 4. The van der Waals surface area contributed by atoms with Gasteiger partial charge < -0.3 is 5.11 Å². The van der Waals surface area contributed by atoms with E-state index in [1.807, 2.05) is 0 Å². The lowest BCUT2D eigenvalue weighted by molar-refractivity contribution is 0.0696. The van der Waals surface area contributed by atoms with Gasteiger partial charge in [0.2, 0.25) is 0 Å². The molecule has 0 bridgehead atoms. The molecule has 1 aromatic carbocycles. The van der Waals surface area contributed by atoms with Crippen LogP contribution in [0.1, 0.15) is 41.6 Å². The third kappa shape index (κ3) is 2.96. The van der Waals surface area contributed by atoms with Crippen molar-refractivity contribution < 1.29 is 18.5 Å². The van der Waals surface area contributed by atoms with Crippen LogP contribution in [0.4, 0.5) is 4.39 Å². The highest BCUT2D eigenvalue weighted by Crippen LogP contribution is 2.25. The molecule has 0 amide bonds. The SMILES string of the molecule is O=C(O)c1ccc(F)c(CS(=O)C2CCCC2)c1. The number of hydrogen-bond donors (Lipinski definition) is 1. The summed E-state index contributed by atoms with van der Waals surface area (Å²) in [6.45, 7) is 0. The molecule has 1 unspecified atom stereocenters. The topological polar surface area (TPSA) is 54.4 Å². The average molecular weight is 270 g/mol. The van der Waals surface area contributed by atoms with Crippen LogP contribution in [0.15, 0.2) is 18.2 Å². The summed E-state index contributed by atoms with van der Waals surface area (Å²) < 4.78 is 25.6. The lowest BCUT2D eigenvalue weighted by atomic mass is 10.1. The number of halogens is 1. The maximum atomic E-state index is 13.6. The van der Waals surface area contributed by atoms with Gasteiger partial charge in [-0.3, -0.25) is 4.21 Å². The minimum atomic E-state index is -1.11. The molecule has 0 spiro atoms. The van der Waals surface area contributed by atoms with Crippen LogP contribution in [-0.2, 0) is 16.6 Å². The van der Waals surface area contributed by atoms with E-state index < -0.39 is 22.6 Å². The normalized spacial score (nSPS) is 17.8. The number of benzene rings is 1. The van der Waals surface area contributed by atoms with Crippen LogP contribution in [0.3, 0.4) is 0 Å². The molecule has 1 aliphatic carbocycles. The van der Waals surface area contributed by atoms with E-state index in [1.165, 1.54) is 12.1 Å². The summed E-state index contributed by atoms with van der Waals surface area (Å²) in [4.78, 5) is 10.8. The standard InChI is InChI=1S/C13H15FO3S/c14-12-6-5-9(13(15)16)7-10(12)8-18(17)11-3-1-2-4-11/h5-7,11H,1-4,8H2,(H,15,16). The molecular formula is C13H15FO3S. The van der Waals surface area contributed by atoms with E-state index in [2.05, 4.69) is 0 Å². The molecule has 3 nitrogen and oxygen atoms in total. The van der Waals surface area contributed by atoms with Crippen molar-refractivity contribution in [2.45, 2.75) is 36.7 Å². The van der Waals surface area contributed by atoms with Crippen LogP contribution in [0.5, 0.6) is 0 Å². The minimum absolute atomic E-state index is 0.0369. The van der Waals surface area contributed by atoms with Gasteiger partial charge in [0.15, 0.2) is 0 Å². The van der Waals surface area contributed by atoms with E-state index >= 15 is 0 Å². The highest BCUT2D eigenvalue weighted by atomic mass is 32.2. The molecule has 0 aliphatic heterocycles. The second-order valence-corrected chi connectivity index (χ2v) is 6.26. The van der Waals surface area contributed by atoms with Gasteiger partial charge in [-0.1, -0.05) is 12.8 Å². The molecule has 1 aliphatic rings. The van der Waals surface area contributed by atoms with Crippen molar-refractivity contribution in [1.82, 2.24) is 0 Å². The number of carboxylic acid groups (broad SMARTS) is 1. The quantitative estimate of drug-likeness (QED) is 0.915. The molecule has 98 valence electrons. The monoisotopic (exact) mass is 270 g/mol. The summed E-state index contributed by atoms with van der Waals surface area (Å²) in [5, 5.41) is 8.98. The number of hydrogen-bond acceptors (Lipinski definition) is 2. The van der Waals surface area contributed by atoms with E-state index in [0.717, 1.165) is 31.7 Å². The summed E-state index contributed by atoms with van der Waals surface area (Å²) >= 11 is 0. The van der Waals surface area contributed by atoms with E-state index in [0.29, 0.717) is 0 Å². The van der Waals surface area contributed by atoms with Crippen molar-refractivity contribution >= 4 is 16.8 Å². The maximum absolute atomic E-state index is 13.6. The van der Waals surface area contributed by atoms with Gasteiger partial charge in [-0.25, -0.2) is 9.18 Å². The molecule has 1 saturated carbocycles. The molecule has 1 atom stereocenters. The summed E-state index contributed by atoms with van der Waals surface area (Å²) in [5.41, 5.74) is 0.273. The van der Waals surface area contributed by atoms with E-state index in [4.69, 9.17) is 5.11 Å². The average Bonchev–Trinajstić information content (AvgIpc) is 2.85. The first-order chi connectivity index (χ1) is 8.58. The zero-order valence-corrected chi connectivity index (χ0v) is 10.7. The summed E-state index contributed by atoms with van der Waals surface area (Å²) in [6.07, 6.45) is 4.00. The third-order valence-corrected chi connectivity index (χ3v) is 5.07. The van der Waals surface area contributed by atoms with Crippen molar-refractivity contribution in [3.63, 3.8) is 0 Å². The van der Waals surface area contributed by atoms with E-state index in [-0.39, 0.29) is 22.1 Å². The van der Waals surface area contributed by atoms with Gasteiger partial charge in [-0.2, -0.15) is 0 Å². The van der Waals surface area contributed by atoms with Crippen LogP contribution in [-0.4, -0.2) is 20.5 Å². The smallest absolute Gasteiger partial charge is 0.335 e. The Balaban J connectivity index is 2.14. The fraction of sp³-hybridized carbons (Fsp3) is 0.462. The summed E-state index contributed by atoms with van der Waals surface area (Å²) in [6, 6.07) is 3.63. The van der Waals surface area contributed by atoms with Gasteiger partial charge in [-0.15, -0.1) is 0 Å². The Hall–Kier alpha value is -1.23. The Labute approximate surface area is 107 Å². The van der Waals surface area contributed by atoms with Crippen LogP contribution in [0, 0.1) is 5.82 Å². The summed E-state index contributed by atoms with van der Waals surface area (Å²) in [7, 11) is -1.11. The molecule has 1 aromatic rings. The molecule has 0 saturated heterocycles. The van der Waals surface area contributed by atoms with Crippen LogP contribution < -0.4 is 0 Å². The zero-order valence-electron chi connectivity index (χ0n) is 9.89. The first kappa shape index (κ1) is 13.2. The van der Waals surface area contributed by atoms with Gasteiger partial charge in [-0.05, 0) is 31.0 Å². The lowest BCUT2D eigenvalue weighted by Gasteiger charge is -2.10. The zero-order chi connectivity index (χ0) is 13.1. The number of carbonyl (C=O) groups is 1. The largest absolute Gasteiger partial charge is 0.478 e.